The molecule has 0 fully saturated rings. The van der Waals surface area contributed by atoms with Gasteiger partial charge in [-0.2, -0.15) is 4.73 Å². The molecule has 1 atom stereocenters. The molecular formula is C12H16N2O4. The number of aromatic nitrogens is 1. The summed E-state index contributed by atoms with van der Waals surface area (Å²) in [5, 5.41) is 20.3. The number of nitrogens with zero attached hydrogens (tertiary/aromatic N) is 2. The van der Waals surface area contributed by atoms with Gasteiger partial charge < -0.3 is 15.2 Å². The van der Waals surface area contributed by atoms with Crippen LogP contribution >= 0.6 is 0 Å². The summed E-state index contributed by atoms with van der Waals surface area (Å²) in [6.45, 7) is 3.19. The molecular weight excluding hydrogens is 236 g/mol. The third-order valence-corrected chi connectivity index (χ3v) is 2.73. The largest absolute Gasteiger partial charge is 0.618 e. The van der Waals surface area contributed by atoms with Crippen LogP contribution in [0.5, 0.6) is 0 Å². The van der Waals surface area contributed by atoms with Crippen molar-refractivity contribution in [2.75, 3.05) is 6.54 Å². The smallest absolute Gasteiger partial charge is 0.323 e. The lowest BCUT2D eigenvalue weighted by Crippen LogP contribution is -2.46. The summed E-state index contributed by atoms with van der Waals surface area (Å²) in [6, 6.07) is 4.21. The number of pyridine rings is 1. The molecule has 0 aliphatic rings. The van der Waals surface area contributed by atoms with Gasteiger partial charge in [0.2, 0.25) is 0 Å². The summed E-state index contributed by atoms with van der Waals surface area (Å²) in [4.78, 5) is 24.1. The normalized spacial score (nSPS) is 11.9. The summed E-state index contributed by atoms with van der Waals surface area (Å²) in [5.41, 5.74) is -0.0703. The topological polar surface area (TPSA) is 84.6 Å². The molecule has 0 saturated heterocycles. The maximum atomic E-state index is 12.1. The van der Waals surface area contributed by atoms with Crippen molar-refractivity contribution in [3.63, 3.8) is 0 Å². The van der Waals surface area contributed by atoms with E-state index < -0.39 is 18.4 Å². The number of hydrogen-bond acceptors (Lipinski definition) is 3. The second kappa shape index (κ2) is 6.00. The van der Waals surface area contributed by atoms with Crippen LogP contribution in [-0.2, 0) is 4.79 Å². The Bertz CT molecular complexity index is 447. The van der Waals surface area contributed by atoms with E-state index in [0.717, 1.165) is 0 Å². The van der Waals surface area contributed by atoms with Crippen molar-refractivity contribution >= 4 is 11.9 Å². The first kappa shape index (κ1) is 14.0. The minimum atomic E-state index is -1.10. The van der Waals surface area contributed by atoms with Gasteiger partial charge in [-0.3, -0.25) is 9.59 Å². The average Bonchev–Trinajstić information content (AvgIpc) is 2.34. The standard InChI is InChI=1S/C12H16N2O4/c1-3-9(2)13(8-11(15)16)12(17)10-6-4-5-7-14(10)18/h4-7,9H,3,8H2,1-2H3,(H,15,16). The Hall–Kier alpha value is -2.11. The molecule has 1 aromatic heterocycles. The number of carbonyl (C=O) groups is 2. The van der Waals surface area contributed by atoms with Gasteiger partial charge in [0, 0.05) is 18.2 Å². The SMILES string of the molecule is CCC(C)N(CC(=O)O)C(=O)c1cccc[n+]1[O-]. The van der Waals surface area contributed by atoms with Gasteiger partial charge in [-0.15, -0.1) is 0 Å². The average molecular weight is 252 g/mol. The predicted octanol–water partition coefficient (Wildman–Crippen LogP) is 0.645. The van der Waals surface area contributed by atoms with Crippen LogP contribution < -0.4 is 4.73 Å². The van der Waals surface area contributed by atoms with Gasteiger partial charge in [0.15, 0.2) is 6.20 Å². The van der Waals surface area contributed by atoms with Crippen LogP contribution in [0.1, 0.15) is 30.8 Å². The van der Waals surface area contributed by atoms with Crippen molar-refractivity contribution in [2.24, 2.45) is 0 Å². The maximum absolute atomic E-state index is 12.1. The molecule has 1 aromatic rings. The molecule has 0 saturated carbocycles. The molecule has 1 amide bonds. The van der Waals surface area contributed by atoms with Gasteiger partial charge in [-0.1, -0.05) is 6.92 Å². The Morgan fingerprint density at radius 3 is 2.67 bits per heavy atom. The molecule has 1 unspecified atom stereocenters. The van der Waals surface area contributed by atoms with E-state index in [0.29, 0.717) is 11.2 Å². The second-order valence-electron chi connectivity index (χ2n) is 4.00. The van der Waals surface area contributed by atoms with Crippen molar-refractivity contribution in [2.45, 2.75) is 26.3 Å². The molecule has 0 aliphatic heterocycles. The summed E-state index contributed by atoms with van der Waals surface area (Å²) in [6.07, 6.45) is 1.83. The van der Waals surface area contributed by atoms with Gasteiger partial charge in [-0.05, 0) is 19.4 Å². The van der Waals surface area contributed by atoms with Crippen LogP contribution in [0.15, 0.2) is 24.4 Å². The number of amides is 1. The van der Waals surface area contributed by atoms with Gasteiger partial charge in [0.05, 0.1) is 0 Å². The molecule has 6 heteroatoms. The highest BCUT2D eigenvalue weighted by Crippen LogP contribution is 2.08. The summed E-state index contributed by atoms with van der Waals surface area (Å²) >= 11 is 0. The van der Waals surface area contributed by atoms with E-state index >= 15 is 0 Å². The summed E-state index contributed by atoms with van der Waals surface area (Å²) in [5.74, 6) is -1.67. The highest BCUT2D eigenvalue weighted by Gasteiger charge is 2.27. The van der Waals surface area contributed by atoms with E-state index in [2.05, 4.69) is 0 Å². The van der Waals surface area contributed by atoms with Crippen LogP contribution in [0.2, 0.25) is 0 Å². The lowest BCUT2D eigenvalue weighted by molar-refractivity contribution is -0.608. The highest BCUT2D eigenvalue weighted by molar-refractivity contribution is 5.93. The molecule has 0 spiro atoms. The molecule has 18 heavy (non-hydrogen) atoms. The first-order valence-corrected chi connectivity index (χ1v) is 5.68. The molecule has 0 radical (unpaired) electrons. The molecule has 98 valence electrons. The first-order valence-electron chi connectivity index (χ1n) is 5.68. The number of rotatable bonds is 5. The lowest BCUT2D eigenvalue weighted by atomic mass is 10.2. The first-order chi connectivity index (χ1) is 8.47. The Labute approximate surface area is 105 Å². The quantitative estimate of drug-likeness (QED) is 0.615. The maximum Gasteiger partial charge on any atom is 0.323 e. The van der Waals surface area contributed by atoms with Crippen LogP contribution in [-0.4, -0.2) is 34.5 Å². The third kappa shape index (κ3) is 3.19. The van der Waals surface area contributed by atoms with Crippen molar-refractivity contribution in [3.05, 3.63) is 35.3 Å². The van der Waals surface area contributed by atoms with E-state index in [-0.39, 0.29) is 11.7 Å². The van der Waals surface area contributed by atoms with Crippen LogP contribution in [0, 0.1) is 5.21 Å². The molecule has 1 N–H and O–H groups in total. The van der Waals surface area contributed by atoms with E-state index in [9.17, 15) is 14.8 Å². The molecule has 0 aliphatic carbocycles. The fourth-order valence-corrected chi connectivity index (χ4v) is 1.53. The molecule has 1 rings (SSSR count). The van der Waals surface area contributed by atoms with Crippen LogP contribution in [0.25, 0.3) is 0 Å². The molecule has 0 bridgehead atoms. The minimum absolute atomic E-state index is 0.0703. The molecule has 0 aromatic carbocycles. The van der Waals surface area contributed by atoms with Crippen molar-refractivity contribution in [1.29, 1.82) is 0 Å². The second-order valence-corrected chi connectivity index (χ2v) is 4.00. The van der Waals surface area contributed by atoms with Crippen LogP contribution in [0.4, 0.5) is 0 Å². The van der Waals surface area contributed by atoms with Crippen LogP contribution in [0.3, 0.4) is 0 Å². The van der Waals surface area contributed by atoms with E-state index in [1.54, 1.807) is 13.0 Å². The van der Waals surface area contributed by atoms with Crippen molar-refractivity contribution < 1.29 is 19.4 Å². The van der Waals surface area contributed by atoms with Gasteiger partial charge in [0.25, 0.3) is 5.69 Å². The van der Waals surface area contributed by atoms with E-state index in [1.165, 1.54) is 23.2 Å². The minimum Gasteiger partial charge on any atom is -0.618 e. The number of aliphatic carboxylic acids is 1. The Morgan fingerprint density at radius 1 is 1.50 bits per heavy atom. The third-order valence-electron chi connectivity index (χ3n) is 2.73. The highest BCUT2D eigenvalue weighted by atomic mass is 16.5. The zero-order chi connectivity index (χ0) is 13.7. The zero-order valence-electron chi connectivity index (χ0n) is 10.4. The van der Waals surface area contributed by atoms with Gasteiger partial charge in [-0.25, -0.2) is 0 Å². The Kier molecular flexibility index (Phi) is 4.65. The number of carbonyl (C=O) groups excluding carboxylic acids is 1. The van der Waals surface area contributed by atoms with E-state index in [4.69, 9.17) is 5.11 Å². The van der Waals surface area contributed by atoms with Gasteiger partial charge in [0.1, 0.15) is 6.54 Å². The number of carboxylic acid groups (broad SMARTS) is 1. The Balaban J connectivity index is 3.02. The fraction of sp³-hybridized carbons (Fsp3) is 0.417. The monoisotopic (exact) mass is 252 g/mol. The number of carboxylic acids is 1. The lowest BCUT2D eigenvalue weighted by Gasteiger charge is -2.25. The molecule has 6 nitrogen and oxygen atoms in total. The van der Waals surface area contributed by atoms with E-state index in [1.807, 2.05) is 6.92 Å². The van der Waals surface area contributed by atoms with Crippen molar-refractivity contribution in [1.82, 2.24) is 4.90 Å². The predicted molar refractivity (Wildman–Crippen MR) is 63.8 cm³/mol. The summed E-state index contributed by atoms with van der Waals surface area (Å²) < 4.78 is 0.444. The van der Waals surface area contributed by atoms with Gasteiger partial charge >= 0.3 is 11.9 Å². The molecule has 1 heterocycles. The zero-order valence-corrected chi connectivity index (χ0v) is 10.4. The number of hydrogen-bond donors (Lipinski definition) is 1. The van der Waals surface area contributed by atoms with Crippen molar-refractivity contribution in [3.8, 4) is 0 Å². The fourth-order valence-electron chi connectivity index (χ4n) is 1.53. The summed E-state index contributed by atoms with van der Waals surface area (Å²) in [7, 11) is 0. The Morgan fingerprint density at radius 2 is 2.17 bits per heavy atom.